The van der Waals surface area contributed by atoms with Gasteiger partial charge >= 0.3 is 0 Å². The van der Waals surface area contributed by atoms with Gasteiger partial charge in [-0.1, -0.05) is 45.8 Å². The van der Waals surface area contributed by atoms with Gasteiger partial charge in [-0.15, -0.1) is 0 Å². The van der Waals surface area contributed by atoms with E-state index >= 15 is 0 Å². The number of hydrogen-bond donors (Lipinski definition) is 1. The molecule has 0 aliphatic rings. The second kappa shape index (κ2) is 10.2. The van der Waals surface area contributed by atoms with Crippen molar-refractivity contribution in [1.29, 1.82) is 0 Å². The van der Waals surface area contributed by atoms with Crippen LogP contribution in [0.4, 0.5) is 0 Å². The highest BCUT2D eigenvalue weighted by Crippen LogP contribution is 2.34. The Bertz CT molecular complexity index is 883. The summed E-state index contributed by atoms with van der Waals surface area (Å²) in [6, 6.07) is 16.4. The zero-order valence-corrected chi connectivity index (χ0v) is 17.8. The minimum atomic E-state index is 0.506. The third kappa shape index (κ3) is 5.81. The third-order valence-corrected chi connectivity index (χ3v) is 5.06. The van der Waals surface area contributed by atoms with Gasteiger partial charge in [0.05, 0.1) is 6.61 Å². The fraction of sp³-hybridized carbons (Fsp3) is 0.261. The predicted octanol–water partition coefficient (Wildman–Crippen LogP) is 5.42. The number of aromatic nitrogens is 1. The maximum Gasteiger partial charge on any atom is 0.162 e. The number of nitrogens with zero attached hydrogens (tertiary/aromatic N) is 1. The summed E-state index contributed by atoms with van der Waals surface area (Å²) in [5.74, 6) is 1.51. The lowest BCUT2D eigenvalue weighted by Gasteiger charge is -2.16. The van der Waals surface area contributed by atoms with Crippen LogP contribution in [0, 0.1) is 6.92 Å². The summed E-state index contributed by atoms with van der Waals surface area (Å²) in [6.07, 6.45) is 3.61. The van der Waals surface area contributed by atoms with E-state index in [1.54, 1.807) is 12.4 Å². The van der Waals surface area contributed by atoms with Crippen molar-refractivity contribution in [3.05, 3.63) is 87.7 Å². The van der Waals surface area contributed by atoms with Crippen LogP contribution in [0.2, 0.25) is 0 Å². The van der Waals surface area contributed by atoms with Crippen LogP contribution >= 0.6 is 15.9 Å². The fourth-order valence-corrected chi connectivity index (χ4v) is 3.24. The lowest BCUT2D eigenvalue weighted by Crippen LogP contribution is -2.13. The molecule has 0 amide bonds. The Balaban J connectivity index is 1.67. The molecule has 1 N–H and O–H groups in total. The molecule has 146 valence electrons. The van der Waals surface area contributed by atoms with Crippen LogP contribution in [0.3, 0.4) is 0 Å². The van der Waals surface area contributed by atoms with E-state index in [1.807, 2.05) is 31.2 Å². The van der Waals surface area contributed by atoms with E-state index in [0.29, 0.717) is 13.2 Å². The molecule has 5 heteroatoms. The summed E-state index contributed by atoms with van der Waals surface area (Å²) >= 11 is 3.67. The molecule has 1 aromatic heterocycles. The van der Waals surface area contributed by atoms with E-state index in [9.17, 15) is 0 Å². The zero-order valence-electron chi connectivity index (χ0n) is 16.2. The van der Waals surface area contributed by atoms with Gasteiger partial charge in [-0.25, -0.2) is 0 Å². The van der Waals surface area contributed by atoms with Gasteiger partial charge in [-0.3, -0.25) is 4.98 Å². The van der Waals surface area contributed by atoms with Crippen molar-refractivity contribution in [1.82, 2.24) is 10.3 Å². The van der Waals surface area contributed by atoms with Crippen LogP contribution in [-0.2, 0) is 19.7 Å². The van der Waals surface area contributed by atoms with Crippen LogP contribution in [0.25, 0.3) is 0 Å². The molecular weight excluding hydrogens is 416 g/mol. The van der Waals surface area contributed by atoms with Crippen LogP contribution in [0.15, 0.2) is 65.4 Å². The molecular formula is C23H25BrN2O2. The number of nitrogens with one attached hydrogen (secondary N) is 1. The summed E-state index contributed by atoms with van der Waals surface area (Å²) in [6.45, 7) is 6.66. The first-order valence-corrected chi connectivity index (χ1v) is 10.2. The molecule has 0 spiro atoms. The summed E-state index contributed by atoms with van der Waals surface area (Å²) < 4.78 is 12.9. The van der Waals surface area contributed by atoms with E-state index in [2.05, 4.69) is 57.4 Å². The second-order valence-electron chi connectivity index (χ2n) is 6.56. The molecule has 0 atom stereocenters. The first-order chi connectivity index (χ1) is 13.7. The number of pyridine rings is 1. The maximum atomic E-state index is 6.04. The van der Waals surface area contributed by atoms with Gasteiger partial charge in [0.1, 0.15) is 6.61 Å². The third-order valence-electron chi connectivity index (χ3n) is 4.32. The highest BCUT2D eigenvalue weighted by molar-refractivity contribution is 9.10. The Kier molecular flexibility index (Phi) is 7.46. The largest absolute Gasteiger partial charge is 0.490 e. The van der Waals surface area contributed by atoms with Gasteiger partial charge in [0.15, 0.2) is 11.5 Å². The molecule has 1 heterocycles. The molecule has 0 saturated heterocycles. The molecule has 3 rings (SSSR count). The van der Waals surface area contributed by atoms with E-state index in [0.717, 1.165) is 40.2 Å². The highest BCUT2D eigenvalue weighted by atomic mass is 79.9. The molecule has 0 bridgehead atoms. The Hall–Kier alpha value is -2.37. The molecule has 4 nitrogen and oxygen atoms in total. The SMILES string of the molecule is CCOc1cc(CNCc2ccncc2)c(Br)cc1OCc1ccc(C)cc1. The lowest BCUT2D eigenvalue weighted by molar-refractivity contribution is 0.269. The second-order valence-corrected chi connectivity index (χ2v) is 7.41. The van der Waals surface area contributed by atoms with Crippen LogP contribution in [-0.4, -0.2) is 11.6 Å². The molecule has 2 aromatic carbocycles. The molecule has 0 fully saturated rings. The number of aryl methyl sites for hydroxylation is 1. The highest BCUT2D eigenvalue weighted by Gasteiger charge is 2.11. The quantitative estimate of drug-likeness (QED) is 0.482. The first-order valence-electron chi connectivity index (χ1n) is 9.39. The minimum absolute atomic E-state index is 0.506. The molecule has 28 heavy (non-hydrogen) atoms. The van der Waals surface area contributed by atoms with Gasteiger partial charge in [0.2, 0.25) is 0 Å². The van der Waals surface area contributed by atoms with Crippen molar-refractivity contribution >= 4 is 15.9 Å². The van der Waals surface area contributed by atoms with Gasteiger partial charge in [0.25, 0.3) is 0 Å². The molecule has 0 aliphatic carbocycles. The lowest BCUT2D eigenvalue weighted by atomic mass is 10.1. The molecule has 0 radical (unpaired) electrons. The van der Waals surface area contributed by atoms with Gasteiger partial charge in [-0.2, -0.15) is 0 Å². The van der Waals surface area contributed by atoms with Crippen LogP contribution in [0.1, 0.15) is 29.2 Å². The standard InChI is InChI=1S/C23H25BrN2O2/c1-3-27-22-12-20(15-26-14-18-8-10-25-11-9-18)21(24)13-23(22)28-16-19-6-4-17(2)5-7-19/h4-13,26H,3,14-16H2,1-2H3. The summed E-state index contributed by atoms with van der Waals surface area (Å²) in [5, 5.41) is 3.46. The number of halogens is 1. The number of ether oxygens (including phenoxy) is 2. The minimum Gasteiger partial charge on any atom is -0.490 e. The topological polar surface area (TPSA) is 43.4 Å². The van der Waals surface area contributed by atoms with Gasteiger partial charge in [0, 0.05) is 30.0 Å². The smallest absolute Gasteiger partial charge is 0.162 e. The molecule has 0 unspecified atom stereocenters. The maximum absolute atomic E-state index is 6.04. The van der Waals surface area contributed by atoms with Crippen molar-refractivity contribution in [3.8, 4) is 11.5 Å². The van der Waals surface area contributed by atoms with Crippen molar-refractivity contribution in [2.45, 2.75) is 33.5 Å². The average Bonchev–Trinajstić information content (AvgIpc) is 2.71. The summed E-state index contributed by atoms with van der Waals surface area (Å²) in [7, 11) is 0. The van der Waals surface area contributed by atoms with Gasteiger partial charge in [-0.05, 0) is 54.8 Å². The number of benzene rings is 2. The average molecular weight is 441 g/mol. The zero-order chi connectivity index (χ0) is 19.8. The van der Waals surface area contributed by atoms with E-state index in [4.69, 9.17) is 9.47 Å². The van der Waals surface area contributed by atoms with E-state index in [-0.39, 0.29) is 0 Å². The fourth-order valence-electron chi connectivity index (χ4n) is 2.78. The van der Waals surface area contributed by atoms with E-state index < -0.39 is 0 Å². The van der Waals surface area contributed by atoms with Crippen molar-refractivity contribution in [2.24, 2.45) is 0 Å². The Labute approximate surface area is 175 Å². The Morgan fingerprint density at radius 1 is 0.893 bits per heavy atom. The molecule has 0 saturated carbocycles. The Morgan fingerprint density at radius 2 is 1.61 bits per heavy atom. The van der Waals surface area contributed by atoms with Crippen molar-refractivity contribution < 1.29 is 9.47 Å². The molecule has 3 aromatic rings. The van der Waals surface area contributed by atoms with Crippen molar-refractivity contribution in [3.63, 3.8) is 0 Å². The normalized spacial score (nSPS) is 10.7. The molecule has 0 aliphatic heterocycles. The number of hydrogen-bond acceptors (Lipinski definition) is 4. The Morgan fingerprint density at radius 3 is 2.32 bits per heavy atom. The monoisotopic (exact) mass is 440 g/mol. The summed E-state index contributed by atoms with van der Waals surface area (Å²) in [4.78, 5) is 4.05. The van der Waals surface area contributed by atoms with E-state index in [1.165, 1.54) is 11.1 Å². The van der Waals surface area contributed by atoms with Crippen molar-refractivity contribution in [2.75, 3.05) is 6.61 Å². The first kappa shape index (κ1) is 20.4. The number of rotatable bonds is 9. The van der Waals surface area contributed by atoms with Crippen LogP contribution in [0.5, 0.6) is 11.5 Å². The van der Waals surface area contributed by atoms with Gasteiger partial charge < -0.3 is 14.8 Å². The predicted molar refractivity (Wildman–Crippen MR) is 116 cm³/mol. The summed E-state index contributed by atoms with van der Waals surface area (Å²) in [5.41, 5.74) is 4.70. The van der Waals surface area contributed by atoms with Crippen LogP contribution < -0.4 is 14.8 Å².